The number of hydrogen-bond acceptors (Lipinski definition) is 4. The van der Waals surface area contributed by atoms with Gasteiger partial charge >= 0.3 is 0 Å². The predicted octanol–water partition coefficient (Wildman–Crippen LogP) is 2.14. The largest absolute Gasteiger partial charge is 0.380 e. The molecule has 0 atom stereocenters. The van der Waals surface area contributed by atoms with Crippen molar-refractivity contribution in [1.82, 2.24) is 9.88 Å². The van der Waals surface area contributed by atoms with E-state index >= 15 is 0 Å². The Balaban J connectivity index is 1.97. The number of carbonyl (C=O) groups excluding carboxylic acids is 1. The van der Waals surface area contributed by atoms with Crippen LogP contribution in [0, 0.1) is 0 Å². The van der Waals surface area contributed by atoms with Gasteiger partial charge < -0.3 is 15.0 Å². The quantitative estimate of drug-likeness (QED) is 0.918. The lowest BCUT2D eigenvalue weighted by Crippen LogP contribution is -2.33. The van der Waals surface area contributed by atoms with Gasteiger partial charge in [-0.25, -0.2) is 4.98 Å². The van der Waals surface area contributed by atoms with Gasteiger partial charge in [0, 0.05) is 32.1 Å². The lowest BCUT2D eigenvalue weighted by Gasteiger charge is -2.19. The molecule has 21 heavy (non-hydrogen) atoms. The molecule has 2 heterocycles. The molecule has 0 aliphatic carbocycles. The molecular weight excluding hydrogens is 266 g/mol. The molecule has 1 aliphatic heterocycles. The smallest absolute Gasteiger partial charge is 0.272 e. The maximum atomic E-state index is 12.6. The van der Waals surface area contributed by atoms with Gasteiger partial charge in [0.2, 0.25) is 0 Å². The summed E-state index contributed by atoms with van der Waals surface area (Å²) in [6.45, 7) is 2.67. The number of nitrogens with one attached hydrogen (secondary N) is 1. The Morgan fingerprint density at radius 2 is 2.14 bits per heavy atom. The summed E-state index contributed by atoms with van der Waals surface area (Å²) in [5, 5.41) is 5.12. The molecule has 1 aliphatic rings. The highest BCUT2D eigenvalue weighted by molar-refractivity contribution is 6.00. The van der Waals surface area contributed by atoms with Crippen molar-refractivity contribution < 1.29 is 9.53 Å². The van der Waals surface area contributed by atoms with Crippen LogP contribution in [0.5, 0.6) is 0 Å². The monoisotopic (exact) mass is 285 g/mol. The zero-order valence-electron chi connectivity index (χ0n) is 12.1. The number of pyridine rings is 1. The maximum Gasteiger partial charge on any atom is 0.272 e. The molecule has 0 saturated carbocycles. The van der Waals surface area contributed by atoms with Crippen molar-refractivity contribution in [3.05, 3.63) is 36.0 Å². The summed E-state index contributed by atoms with van der Waals surface area (Å²) in [5.41, 5.74) is 0.486. The number of ether oxygens (including phenoxy) is 1. The van der Waals surface area contributed by atoms with Gasteiger partial charge in [-0.2, -0.15) is 0 Å². The average Bonchev–Trinajstić information content (AvgIpc) is 2.82. The van der Waals surface area contributed by atoms with Crippen LogP contribution < -0.4 is 5.32 Å². The summed E-state index contributed by atoms with van der Waals surface area (Å²) < 4.78 is 5.40. The van der Waals surface area contributed by atoms with E-state index in [1.165, 1.54) is 0 Å². The normalized spacial score (nSPS) is 15.8. The Morgan fingerprint density at radius 3 is 3.00 bits per heavy atom. The Labute approximate surface area is 123 Å². The predicted molar refractivity (Wildman–Crippen MR) is 82.6 cm³/mol. The number of nitrogens with zero attached hydrogens (tertiary/aromatic N) is 2. The number of rotatable bonds is 2. The van der Waals surface area contributed by atoms with Crippen molar-refractivity contribution in [3.63, 3.8) is 0 Å². The van der Waals surface area contributed by atoms with E-state index in [0.717, 1.165) is 36.2 Å². The third-order valence-corrected chi connectivity index (χ3v) is 3.71. The van der Waals surface area contributed by atoms with Crippen LogP contribution in [0.25, 0.3) is 10.8 Å². The van der Waals surface area contributed by atoms with Crippen LogP contribution in [0.15, 0.2) is 30.3 Å². The number of benzene rings is 1. The van der Waals surface area contributed by atoms with Crippen LogP contribution in [0.3, 0.4) is 0 Å². The number of carbonyl (C=O) groups is 1. The number of amides is 1. The minimum atomic E-state index is -0.0252. The van der Waals surface area contributed by atoms with E-state index in [1.807, 2.05) is 42.3 Å². The topological polar surface area (TPSA) is 54.5 Å². The SMILES string of the molecule is CNc1nc(C(=O)N2CCCOCC2)cc2ccccc12. The highest BCUT2D eigenvalue weighted by Crippen LogP contribution is 2.23. The molecular formula is C16H19N3O2. The van der Waals surface area contributed by atoms with Gasteiger partial charge in [0.15, 0.2) is 0 Å². The molecule has 2 aromatic rings. The fourth-order valence-corrected chi connectivity index (χ4v) is 2.61. The van der Waals surface area contributed by atoms with Crippen LogP contribution in [-0.2, 0) is 4.74 Å². The maximum absolute atomic E-state index is 12.6. The molecule has 0 unspecified atom stereocenters. The minimum Gasteiger partial charge on any atom is -0.380 e. The van der Waals surface area contributed by atoms with Crippen LogP contribution in [0.1, 0.15) is 16.9 Å². The summed E-state index contributed by atoms with van der Waals surface area (Å²) in [7, 11) is 1.82. The van der Waals surface area contributed by atoms with E-state index in [0.29, 0.717) is 18.8 Å². The standard InChI is InChI=1S/C16H19N3O2/c1-17-15-13-6-3-2-5-12(13)11-14(18-15)16(20)19-7-4-9-21-10-8-19/h2-3,5-6,11H,4,7-10H2,1H3,(H,17,18). The van der Waals surface area contributed by atoms with Gasteiger partial charge in [-0.1, -0.05) is 24.3 Å². The van der Waals surface area contributed by atoms with Crippen molar-refractivity contribution in [3.8, 4) is 0 Å². The molecule has 5 heteroatoms. The molecule has 0 radical (unpaired) electrons. The lowest BCUT2D eigenvalue weighted by atomic mass is 10.1. The van der Waals surface area contributed by atoms with Gasteiger partial charge in [0.25, 0.3) is 5.91 Å². The molecule has 1 N–H and O–H groups in total. The third kappa shape index (κ3) is 2.83. The number of hydrogen-bond donors (Lipinski definition) is 1. The first-order chi connectivity index (χ1) is 10.3. The summed E-state index contributed by atoms with van der Waals surface area (Å²) in [6, 6.07) is 9.81. The van der Waals surface area contributed by atoms with E-state index in [-0.39, 0.29) is 5.91 Å². The van der Waals surface area contributed by atoms with Gasteiger partial charge in [-0.05, 0) is 17.9 Å². The average molecular weight is 285 g/mol. The molecule has 1 aromatic heterocycles. The van der Waals surface area contributed by atoms with E-state index in [2.05, 4.69) is 10.3 Å². The van der Waals surface area contributed by atoms with Crippen LogP contribution in [-0.4, -0.2) is 49.1 Å². The van der Waals surface area contributed by atoms with Crippen molar-refractivity contribution in [2.75, 3.05) is 38.7 Å². The Morgan fingerprint density at radius 1 is 1.29 bits per heavy atom. The van der Waals surface area contributed by atoms with E-state index < -0.39 is 0 Å². The van der Waals surface area contributed by atoms with Crippen molar-refractivity contribution in [1.29, 1.82) is 0 Å². The molecule has 1 amide bonds. The first-order valence-corrected chi connectivity index (χ1v) is 7.24. The van der Waals surface area contributed by atoms with Crippen LogP contribution in [0.4, 0.5) is 5.82 Å². The van der Waals surface area contributed by atoms with Gasteiger partial charge in [-0.15, -0.1) is 0 Å². The first-order valence-electron chi connectivity index (χ1n) is 7.24. The summed E-state index contributed by atoms with van der Waals surface area (Å²) in [4.78, 5) is 18.9. The number of aromatic nitrogens is 1. The molecule has 0 spiro atoms. The van der Waals surface area contributed by atoms with Gasteiger partial charge in [0.05, 0.1) is 6.61 Å². The lowest BCUT2D eigenvalue weighted by molar-refractivity contribution is 0.0736. The molecule has 1 saturated heterocycles. The number of fused-ring (bicyclic) bond motifs is 1. The van der Waals surface area contributed by atoms with Gasteiger partial charge in [-0.3, -0.25) is 4.79 Å². The molecule has 3 rings (SSSR count). The van der Waals surface area contributed by atoms with Crippen molar-refractivity contribution >= 4 is 22.5 Å². The molecule has 1 fully saturated rings. The second kappa shape index (κ2) is 6.10. The van der Waals surface area contributed by atoms with Crippen LogP contribution in [0.2, 0.25) is 0 Å². The Hall–Kier alpha value is -2.14. The van der Waals surface area contributed by atoms with Crippen LogP contribution >= 0.6 is 0 Å². The van der Waals surface area contributed by atoms with E-state index in [9.17, 15) is 4.79 Å². The fourth-order valence-electron chi connectivity index (χ4n) is 2.61. The summed E-state index contributed by atoms with van der Waals surface area (Å²) in [6.07, 6.45) is 0.873. The van der Waals surface area contributed by atoms with Crippen molar-refractivity contribution in [2.24, 2.45) is 0 Å². The van der Waals surface area contributed by atoms with E-state index in [1.54, 1.807) is 0 Å². The van der Waals surface area contributed by atoms with Crippen molar-refractivity contribution in [2.45, 2.75) is 6.42 Å². The van der Waals surface area contributed by atoms with E-state index in [4.69, 9.17) is 4.74 Å². The fraction of sp³-hybridized carbons (Fsp3) is 0.375. The summed E-state index contributed by atoms with van der Waals surface area (Å²) >= 11 is 0. The zero-order valence-corrected chi connectivity index (χ0v) is 12.1. The molecule has 1 aromatic carbocycles. The molecule has 0 bridgehead atoms. The second-order valence-corrected chi connectivity index (χ2v) is 5.09. The summed E-state index contributed by atoms with van der Waals surface area (Å²) in [5.74, 6) is 0.713. The zero-order chi connectivity index (χ0) is 14.7. The third-order valence-electron chi connectivity index (χ3n) is 3.71. The highest BCUT2D eigenvalue weighted by Gasteiger charge is 2.20. The highest BCUT2D eigenvalue weighted by atomic mass is 16.5. The first kappa shape index (κ1) is 13.8. The Bertz CT molecular complexity index is 649. The number of anilines is 1. The van der Waals surface area contributed by atoms with Gasteiger partial charge in [0.1, 0.15) is 11.5 Å². The molecule has 5 nitrogen and oxygen atoms in total. The molecule has 110 valence electrons. The minimum absolute atomic E-state index is 0.0252. The second-order valence-electron chi connectivity index (χ2n) is 5.09. The Kier molecular flexibility index (Phi) is 4.01.